The maximum atomic E-state index is 13.5. The lowest BCUT2D eigenvalue weighted by Crippen LogP contribution is -2.39. The molecule has 0 atom stereocenters. The minimum atomic E-state index is -4.14. The standard InChI is InChI=1S/C26H25Cl2N3O4S/c27-19-15-20(28)17-21(16-19)31(36(34,35)22-9-3-1-4-10-22)18-25(32)29-24-12-6-5-11-23(24)26(33)30-13-7-2-8-14-30/h1,3-6,9-12,15-17H,2,7-8,13-14,18H2,(H,29,32). The monoisotopic (exact) mass is 545 g/mol. The highest BCUT2D eigenvalue weighted by molar-refractivity contribution is 7.92. The van der Waals surface area contributed by atoms with Crippen LogP contribution < -0.4 is 9.62 Å². The van der Waals surface area contributed by atoms with Crippen LogP contribution in [0.3, 0.4) is 0 Å². The van der Waals surface area contributed by atoms with Crippen LogP contribution in [0.5, 0.6) is 0 Å². The first-order chi connectivity index (χ1) is 17.3. The van der Waals surface area contributed by atoms with E-state index in [2.05, 4.69) is 5.32 Å². The summed E-state index contributed by atoms with van der Waals surface area (Å²) >= 11 is 12.3. The number of hydrogen-bond donors (Lipinski definition) is 1. The van der Waals surface area contributed by atoms with Crippen molar-refractivity contribution in [2.45, 2.75) is 24.2 Å². The fraction of sp³-hybridized carbons (Fsp3) is 0.231. The Kier molecular flexibility index (Phi) is 8.18. The van der Waals surface area contributed by atoms with Gasteiger partial charge >= 0.3 is 0 Å². The molecule has 3 aromatic rings. The fourth-order valence-corrected chi connectivity index (χ4v) is 6.02. The third kappa shape index (κ3) is 6.00. The highest BCUT2D eigenvalue weighted by Crippen LogP contribution is 2.30. The van der Waals surface area contributed by atoms with Crippen LogP contribution in [0.4, 0.5) is 11.4 Å². The average Bonchev–Trinajstić information content (AvgIpc) is 2.87. The van der Waals surface area contributed by atoms with E-state index in [1.165, 1.54) is 30.3 Å². The zero-order valence-corrected chi connectivity index (χ0v) is 21.7. The van der Waals surface area contributed by atoms with E-state index >= 15 is 0 Å². The Morgan fingerprint density at radius 1 is 0.861 bits per heavy atom. The molecule has 0 saturated carbocycles. The van der Waals surface area contributed by atoms with Crippen LogP contribution in [0.2, 0.25) is 10.0 Å². The summed E-state index contributed by atoms with van der Waals surface area (Å²) in [6.07, 6.45) is 2.96. The zero-order chi connectivity index (χ0) is 25.7. The highest BCUT2D eigenvalue weighted by Gasteiger charge is 2.28. The van der Waals surface area contributed by atoms with E-state index in [-0.39, 0.29) is 26.5 Å². The summed E-state index contributed by atoms with van der Waals surface area (Å²) in [5.41, 5.74) is 0.819. The SMILES string of the molecule is O=C(CN(c1cc(Cl)cc(Cl)c1)S(=O)(=O)c1ccccc1)Nc1ccccc1C(=O)N1CCCCC1. The third-order valence-electron chi connectivity index (χ3n) is 5.83. The van der Waals surface area contributed by atoms with Gasteiger partial charge in [-0.25, -0.2) is 8.42 Å². The molecule has 3 aromatic carbocycles. The van der Waals surface area contributed by atoms with Gasteiger partial charge in [0.25, 0.3) is 15.9 Å². The van der Waals surface area contributed by atoms with Crippen molar-refractivity contribution in [1.82, 2.24) is 4.90 Å². The third-order valence-corrected chi connectivity index (χ3v) is 8.05. The van der Waals surface area contributed by atoms with Gasteiger partial charge in [0.1, 0.15) is 6.54 Å². The molecule has 4 rings (SSSR count). The second-order valence-corrected chi connectivity index (χ2v) is 11.1. The number of rotatable bonds is 7. The summed E-state index contributed by atoms with van der Waals surface area (Å²) in [6.45, 7) is 0.777. The molecule has 188 valence electrons. The quantitative estimate of drug-likeness (QED) is 0.427. The van der Waals surface area contributed by atoms with Crippen LogP contribution in [-0.2, 0) is 14.8 Å². The van der Waals surface area contributed by atoms with Crippen molar-refractivity contribution in [2.75, 3.05) is 29.3 Å². The molecule has 1 heterocycles. The summed E-state index contributed by atoms with van der Waals surface area (Å²) in [5.74, 6) is -0.787. The predicted octanol–water partition coefficient (Wildman–Crippen LogP) is 5.45. The molecule has 1 N–H and O–H groups in total. The Labute approximate surface area is 220 Å². The molecule has 0 spiro atoms. The van der Waals surface area contributed by atoms with E-state index in [9.17, 15) is 18.0 Å². The van der Waals surface area contributed by atoms with Gasteiger partial charge < -0.3 is 10.2 Å². The minimum Gasteiger partial charge on any atom is -0.339 e. The van der Waals surface area contributed by atoms with Gasteiger partial charge in [-0.15, -0.1) is 0 Å². The molecular formula is C26H25Cl2N3O4S. The first kappa shape index (κ1) is 26.0. The molecule has 0 radical (unpaired) electrons. The normalized spacial score (nSPS) is 13.8. The topological polar surface area (TPSA) is 86.8 Å². The van der Waals surface area contributed by atoms with Crippen LogP contribution in [0.15, 0.2) is 77.7 Å². The van der Waals surface area contributed by atoms with Gasteiger partial charge in [0.2, 0.25) is 5.91 Å². The van der Waals surface area contributed by atoms with Crippen molar-refractivity contribution in [3.8, 4) is 0 Å². The molecule has 1 aliphatic rings. The lowest BCUT2D eigenvalue weighted by atomic mass is 10.1. The maximum absolute atomic E-state index is 13.5. The minimum absolute atomic E-state index is 0.00887. The van der Waals surface area contributed by atoms with Crippen LogP contribution in [0, 0.1) is 0 Å². The van der Waals surface area contributed by atoms with E-state index in [0.717, 1.165) is 23.6 Å². The number of hydrogen-bond acceptors (Lipinski definition) is 4. The first-order valence-corrected chi connectivity index (χ1v) is 13.7. The number of benzene rings is 3. The molecule has 0 bridgehead atoms. The molecule has 0 aliphatic carbocycles. The smallest absolute Gasteiger partial charge is 0.264 e. The summed E-state index contributed by atoms with van der Waals surface area (Å²) in [7, 11) is -4.14. The Balaban J connectivity index is 1.63. The van der Waals surface area contributed by atoms with Crippen molar-refractivity contribution in [3.63, 3.8) is 0 Å². The molecule has 0 unspecified atom stereocenters. The second-order valence-electron chi connectivity index (χ2n) is 8.40. The van der Waals surface area contributed by atoms with Crippen LogP contribution in [0.25, 0.3) is 0 Å². The molecule has 1 saturated heterocycles. The summed E-state index contributed by atoms with van der Waals surface area (Å²) < 4.78 is 28.0. The Bertz CT molecular complexity index is 1340. The molecule has 0 aromatic heterocycles. The summed E-state index contributed by atoms with van der Waals surface area (Å²) in [6, 6.07) is 18.8. The number of nitrogens with zero attached hydrogens (tertiary/aromatic N) is 2. The van der Waals surface area contributed by atoms with E-state index in [0.29, 0.717) is 24.3 Å². The van der Waals surface area contributed by atoms with Crippen LogP contribution >= 0.6 is 23.2 Å². The van der Waals surface area contributed by atoms with Gasteiger partial charge in [-0.2, -0.15) is 0 Å². The molecule has 1 fully saturated rings. The Morgan fingerprint density at radius 3 is 2.14 bits per heavy atom. The molecule has 1 aliphatic heterocycles. The molecule has 7 nitrogen and oxygen atoms in total. The largest absolute Gasteiger partial charge is 0.339 e. The fourth-order valence-electron chi connectivity index (χ4n) is 4.08. The number of piperidine rings is 1. The van der Waals surface area contributed by atoms with Crippen molar-refractivity contribution in [3.05, 3.63) is 88.4 Å². The molecule has 2 amide bonds. The molecule has 36 heavy (non-hydrogen) atoms. The van der Waals surface area contributed by atoms with Gasteiger partial charge in [0.15, 0.2) is 0 Å². The van der Waals surface area contributed by atoms with Crippen molar-refractivity contribution in [1.29, 1.82) is 0 Å². The van der Waals surface area contributed by atoms with Gasteiger partial charge in [0.05, 0.1) is 21.8 Å². The van der Waals surface area contributed by atoms with Gasteiger partial charge in [0, 0.05) is 23.1 Å². The predicted molar refractivity (Wildman–Crippen MR) is 142 cm³/mol. The summed E-state index contributed by atoms with van der Waals surface area (Å²) in [5, 5.41) is 3.18. The van der Waals surface area contributed by atoms with E-state index < -0.39 is 22.5 Å². The number of carbonyl (C=O) groups excluding carboxylic acids is 2. The maximum Gasteiger partial charge on any atom is 0.264 e. The molecule has 10 heteroatoms. The van der Waals surface area contributed by atoms with E-state index in [1.807, 2.05) is 0 Å². The number of nitrogens with one attached hydrogen (secondary N) is 1. The first-order valence-electron chi connectivity index (χ1n) is 11.5. The van der Waals surface area contributed by atoms with Crippen molar-refractivity contribution in [2.24, 2.45) is 0 Å². The van der Waals surface area contributed by atoms with Crippen LogP contribution in [0.1, 0.15) is 29.6 Å². The number of para-hydroxylation sites is 1. The summed E-state index contributed by atoms with van der Waals surface area (Å²) in [4.78, 5) is 28.1. The Morgan fingerprint density at radius 2 is 1.47 bits per heavy atom. The van der Waals surface area contributed by atoms with Crippen molar-refractivity contribution < 1.29 is 18.0 Å². The van der Waals surface area contributed by atoms with Crippen LogP contribution in [-0.4, -0.2) is 44.8 Å². The second kappa shape index (κ2) is 11.3. The number of sulfonamides is 1. The van der Waals surface area contributed by atoms with E-state index in [1.54, 1.807) is 47.4 Å². The van der Waals surface area contributed by atoms with Gasteiger partial charge in [-0.1, -0.05) is 53.5 Å². The average molecular weight is 546 g/mol. The number of carbonyl (C=O) groups is 2. The lowest BCUT2D eigenvalue weighted by molar-refractivity contribution is -0.114. The number of likely N-dealkylation sites (tertiary alicyclic amines) is 1. The number of amides is 2. The number of anilines is 2. The Hall–Kier alpha value is -3.07. The highest BCUT2D eigenvalue weighted by atomic mass is 35.5. The lowest BCUT2D eigenvalue weighted by Gasteiger charge is -2.28. The zero-order valence-electron chi connectivity index (χ0n) is 19.4. The van der Waals surface area contributed by atoms with Crippen molar-refractivity contribution >= 4 is 56.4 Å². The van der Waals surface area contributed by atoms with E-state index in [4.69, 9.17) is 23.2 Å². The number of halogens is 2. The van der Waals surface area contributed by atoms with Gasteiger partial charge in [-0.05, 0) is 61.7 Å². The molecular weight excluding hydrogens is 521 g/mol. The van der Waals surface area contributed by atoms with Gasteiger partial charge in [-0.3, -0.25) is 13.9 Å².